The molecule has 0 bridgehead atoms. The van der Waals surface area contributed by atoms with E-state index < -0.39 is 4.92 Å². The number of methoxy groups -OCH3 is 1. The minimum atomic E-state index is -0.504. The summed E-state index contributed by atoms with van der Waals surface area (Å²) in [6, 6.07) is 9.93. The Morgan fingerprint density at radius 3 is 2.50 bits per heavy atom. The molecule has 0 radical (unpaired) electrons. The number of carbonyl (C=O) groups excluding carboxylic acids is 1. The molecule has 0 unspecified atom stereocenters. The molecule has 1 amide bonds. The zero-order chi connectivity index (χ0) is 20.7. The summed E-state index contributed by atoms with van der Waals surface area (Å²) < 4.78 is 10.9. The van der Waals surface area contributed by atoms with Crippen LogP contribution in [0.1, 0.15) is 29.8 Å². The molecule has 0 atom stereocenters. The Balaban J connectivity index is 2.27. The predicted octanol–water partition coefficient (Wildman–Crippen LogP) is 3.71. The first-order valence-corrected chi connectivity index (χ1v) is 9.00. The lowest BCUT2D eigenvalue weighted by Crippen LogP contribution is -2.30. The fraction of sp³-hybridized carbons (Fsp3) is 0.350. The maximum atomic E-state index is 12.9. The Kier molecular flexibility index (Phi) is 7.20. The second kappa shape index (κ2) is 9.59. The number of rotatable bonds is 9. The van der Waals surface area contributed by atoms with Gasteiger partial charge in [0.2, 0.25) is 0 Å². The molecule has 8 heteroatoms. The number of ether oxygens (including phenoxy) is 2. The molecule has 2 rings (SSSR count). The minimum Gasteiger partial charge on any atom is -0.493 e. The molecule has 0 spiro atoms. The molecule has 2 aromatic rings. The molecule has 8 nitrogen and oxygen atoms in total. The highest BCUT2D eigenvalue weighted by Gasteiger charge is 2.20. The highest BCUT2D eigenvalue weighted by molar-refractivity contribution is 5.95. The molecule has 28 heavy (non-hydrogen) atoms. The van der Waals surface area contributed by atoms with Gasteiger partial charge in [0.1, 0.15) is 5.69 Å². The summed E-state index contributed by atoms with van der Waals surface area (Å²) in [4.78, 5) is 25.3. The van der Waals surface area contributed by atoms with Crippen molar-refractivity contribution in [2.75, 3.05) is 32.6 Å². The van der Waals surface area contributed by atoms with E-state index >= 15 is 0 Å². The number of hydrogen-bond donors (Lipinski definition) is 1. The average Bonchev–Trinajstić information content (AvgIpc) is 2.71. The van der Waals surface area contributed by atoms with Gasteiger partial charge in [-0.25, -0.2) is 0 Å². The summed E-state index contributed by atoms with van der Waals surface area (Å²) in [6.07, 6.45) is 0. The highest BCUT2D eigenvalue weighted by Crippen LogP contribution is 2.29. The van der Waals surface area contributed by atoms with Crippen molar-refractivity contribution in [3.8, 4) is 11.5 Å². The lowest BCUT2D eigenvalue weighted by atomic mass is 10.1. The summed E-state index contributed by atoms with van der Waals surface area (Å²) >= 11 is 0. The first-order chi connectivity index (χ1) is 13.4. The lowest BCUT2D eigenvalue weighted by molar-refractivity contribution is -0.384. The third kappa shape index (κ3) is 4.70. The van der Waals surface area contributed by atoms with E-state index in [1.54, 1.807) is 31.2 Å². The molecular formula is C20H25N3O5. The number of hydrogen-bond acceptors (Lipinski definition) is 6. The third-order valence-electron chi connectivity index (χ3n) is 4.28. The van der Waals surface area contributed by atoms with Crippen molar-refractivity contribution in [3.05, 3.63) is 57.6 Å². The summed E-state index contributed by atoms with van der Waals surface area (Å²) in [6.45, 7) is 5.08. The fourth-order valence-corrected chi connectivity index (χ4v) is 2.84. The summed E-state index contributed by atoms with van der Waals surface area (Å²) in [5, 5.41) is 14.0. The van der Waals surface area contributed by atoms with Gasteiger partial charge in [-0.1, -0.05) is 6.07 Å². The molecule has 0 saturated heterocycles. The van der Waals surface area contributed by atoms with Gasteiger partial charge in [-0.05, 0) is 43.7 Å². The van der Waals surface area contributed by atoms with Crippen LogP contribution < -0.4 is 14.8 Å². The van der Waals surface area contributed by atoms with Crippen LogP contribution in [0.15, 0.2) is 36.4 Å². The largest absolute Gasteiger partial charge is 0.493 e. The quantitative estimate of drug-likeness (QED) is 0.521. The fourth-order valence-electron chi connectivity index (χ4n) is 2.84. The van der Waals surface area contributed by atoms with E-state index in [9.17, 15) is 14.9 Å². The number of benzene rings is 2. The number of nitrogens with one attached hydrogen (secondary N) is 1. The third-order valence-corrected chi connectivity index (χ3v) is 4.28. The predicted molar refractivity (Wildman–Crippen MR) is 107 cm³/mol. The van der Waals surface area contributed by atoms with Crippen molar-refractivity contribution in [3.63, 3.8) is 0 Å². The van der Waals surface area contributed by atoms with Crippen LogP contribution in [0.3, 0.4) is 0 Å². The van der Waals surface area contributed by atoms with E-state index in [1.807, 2.05) is 32.0 Å². The van der Waals surface area contributed by atoms with Gasteiger partial charge in [-0.2, -0.15) is 0 Å². The highest BCUT2D eigenvalue weighted by atomic mass is 16.6. The number of carbonyl (C=O) groups is 1. The molecule has 0 fully saturated rings. The monoisotopic (exact) mass is 387 g/mol. The van der Waals surface area contributed by atoms with Crippen molar-refractivity contribution < 1.29 is 19.2 Å². The van der Waals surface area contributed by atoms with Gasteiger partial charge in [0.05, 0.1) is 18.6 Å². The van der Waals surface area contributed by atoms with Crippen molar-refractivity contribution in [2.24, 2.45) is 0 Å². The molecule has 0 aliphatic heterocycles. The molecule has 2 aromatic carbocycles. The normalized spacial score (nSPS) is 10.3. The van der Waals surface area contributed by atoms with Gasteiger partial charge in [-0.15, -0.1) is 0 Å². The molecule has 0 aliphatic rings. The van der Waals surface area contributed by atoms with Crippen molar-refractivity contribution in [1.82, 2.24) is 4.90 Å². The second-order valence-electron chi connectivity index (χ2n) is 5.98. The van der Waals surface area contributed by atoms with E-state index in [4.69, 9.17) is 9.47 Å². The SMILES string of the molecule is CCOc1ccc(CN(CC)C(=O)c2ccc(NC)c([N+](=O)[O-])c2)cc1OC. The Morgan fingerprint density at radius 2 is 1.93 bits per heavy atom. The number of nitrogens with zero attached hydrogens (tertiary/aromatic N) is 2. The number of nitro benzene ring substituents is 1. The van der Waals surface area contributed by atoms with Gasteiger partial charge >= 0.3 is 0 Å². The van der Waals surface area contributed by atoms with Crippen molar-refractivity contribution >= 4 is 17.3 Å². The first kappa shape index (κ1) is 21.0. The minimum absolute atomic E-state index is 0.132. The molecule has 1 N–H and O–H groups in total. The van der Waals surface area contributed by atoms with Crippen LogP contribution in [0.2, 0.25) is 0 Å². The molecule has 0 saturated carbocycles. The molecular weight excluding hydrogens is 362 g/mol. The van der Waals surface area contributed by atoms with Gasteiger partial charge in [0, 0.05) is 31.8 Å². The Hall–Kier alpha value is -3.29. The van der Waals surface area contributed by atoms with Crippen LogP contribution in [0.4, 0.5) is 11.4 Å². The van der Waals surface area contributed by atoms with Crippen LogP contribution in [0.25, 0.3) is 0 Å². The summed E-state index contributed by atoms with van der Waals surface area (Å²) in [5.41, 5.74) is 1.37. The van der Waals surface area contributed by atoms with E-state index in [-0.39, 0.29) is 17.2 Å². The Morgan fingerprint density at radius 1 is 1.18 bits per heavy atom. The number of amides is 1. The van der Waals surface area contributed by atoms with E-state index in [1.165, 1.54) is 6.07 Å². The molecule has 0 aliphatic carbocycles. The zero-order valence-electron chi connectivity index (χ0n) is 16.5. The summed E-state index contributed by atoms with van der Waals surface area (Å²) in [5.74, 6) is 0.958. The second-order valence-corrected chi connectivity index (χ2v) is 5.98. The van der Waals surface area contributed by atoms with Crippen molar-refractivity contribution in [2.45, 2.75) is 20.4 Å². The van der Waals surface area contributed by atoms with Crippen LogP contribution in [-0.2, 0) is 6.54 Å². The Labute approximate surface area is 164 Å². The van der Waals surface area contributed by atoms with Gasteiger partial charge < -0.3 is 19.7 Å². The topological polar surface area (TPSA) is 93.9 Å². The number of nitro groups is 1. The zero-order valence-corrected chi connectivity index (χ0v) is 16.5. The smallest absolute Gasteiger partial charge is 0.293 e. The van der Waals surface area contributed by atoms with E-state index in [0.29, 0.717) is 36.9 Å². The standard InChI is InChI=1S/C20H25N3O5/c1-5-22(13-14-7-10-18(28-6-2)19(11-14)27-4)20(24)15-8-9-16(21-3)17(12-15)23(25)26/h7-12,21H,5-6,13H2,1-4H3. The maximum Gasteiger partial charge on any atom is 0.293 e. The van der Waals surface area contributed by atoms with Crippen LogP contribution in [0.5, 0.6) is 11.5 Å². The van der Waals surface area contributed by atoms with Gasteiger partial charge in [0.15, 0.2) is 11.5 Å². The van der Waals surface area contributed by atoms with E-state index in [0.717, 1.165) is 5.56 Å². The lowest BCUT2D eigenvalue weighted by Gasteiger charge is -2.22. The van der Waals surface area contributed by atoms with Gasteiger partial charge in [0.25, 0.3) is 11.6 Å². The number of anilines is 1. The molecule has 0 heterocycles. The van der Waals surface area contributed by atoms with Crippen LogP contribution in [-0.4, -0.2) is 43.0 Å². The van der Waals surface area contributed by atoms with Crippen LogP contribution >= 0.6 is 0 Å². The molecule has 0 aromatic heterocycles. The van der Waals surface area contributed by atoms with Gasteiger partial charge in [-0.3, -0.25) is 14.9 Å². The maximum absolute atomic E-state index is 12.9. The van der Waals surface area contributed by atoms with Crippen LogP contribution in [0, 0.1) is 10.1 Å². The molecule has 150 valence electrons. The Bertz CT molecular complexity index is 854. The van der Waals surface area contributed by atoms with E-state index in [2.05, 4.69) is 5.32 Å². The van der Waals surface area contributed by atoms with Crippen molar-refractivity contribution in [1.29, 1.82) is 0 Å². The average molecular weight is 387 g/mol. The summed E-state index contributed by atoms with van der Waals surface area (Å²) in [7, 11) is 3.16. The first-order valence-electron chi connectivity index (χ1n) is 9.00.